The molecule has 0 spiro atoms. The zero-order valence-electron chi connectivity index (χ0n) is 10.6. The smallest absolute Gasteiger partial charge is 0.194 e. The number of hydrogen-bond donors (Lipinski definition) is 0. The molecule has 0 aliphatic carbocycles. The molecule has 0 aromatic heterocycles. The minimum absolute atomic E-state index is 0.372. The summed E-state index contributed by atoms with van der Waals surface area (Å²) in [4.78, 5) is 0. The largest absolute Gasteiger partial charge is 0.204 e. The van der Waals surface area contributed by atoms with Crippen LogP contribution in [0.4, 0.5) is 13.2 Å². The highest BCUT2D eigenvalue weighted by molar-refractivity contribution is 6.32. The van der Waals surface area contributed by atoms with E-state index in [1.165, 1.54) is 19.0 Å². The molecular formula is C14H14BF3. The van der Waals surface area contributed by atoms with Gasteiger partial charge in [0.25, 0.3) is 0 Å². The van der Waals surface area contributed by atoms with Gasteiger partial charge in [-0.2, -0.15) is 0 Å². The van der Waals surface area contributed by atoms with Gasteiger partial charge in [-0.1, -0.05) is 40.9 Å². The Kier molecular flexibility index (Phi) is 5.01. The normalized spacial score (nSPS) is 9.61. The molecule has 0 radical (unpaired) electrons. The number of benzene rings is 2. The van der Waals surface area contributed by atoms with Gasteiger partial charge in [0, 0.05) is 0 Å². The third-order valence-corrected chi connectivity index (χ3v) is 2.35. The van der Waals surface area contributed by atoms with Crippen molar-refractivity contribution in [2.75, 3.05) is 0 Å². The molecule has 0 bridgehead atoms. The van der Waals surface area contributed by atoms with Crippen LogP contribution in [0.2, 0.25) is 0 Å². The highest BCUT2D eigenvalue weighted by atomic mass is 19.2. The van der Waals surface area contributed by atoms with Gasteiger partial charge in [-0.25, -0.2) is 13.2 Å². The van der Waals surface area contributed by atoms with Gasteiger partial charge >= 0.3 is 0 Å². The van der Waals surface area contributed by atoms with Crippen LogP contribution in [0.3, 0.4) is 0 Å². The van der Waals surface area contributed by atoms with Crippen molar-refractivity contribution in [3.05, 3.63) is 65.0 Å². The standard InChI is InChI=1S/C8H10.C6H4BF3/c1-7-3-5-8(2)6-4-7;7-3-1-4(8)6(10)5(9)2-3/h3-6H,1-2H3;1-2H,7H2. The van der Waals surface area contributed by atoms with Crippen molar-refractivity contribution in [1.29, 1.82) is 0 Å². The van der Waals surface area contributed by atoms with E-state index in [2.05, 4.69) is 38.1 Å². The third-order valence-electron chi connectivity index (χ3n) is 2.35. The maximum Gasteiger partial charge on any atom is 0.194 e. The summed E-state index contributed by atoms with van der Waals surface area (Å²) in [5.74, 6) is -3.69. The first-order valence-corrected chi connectivity index (χ1v) is 5.54. The van der Waals surface area contributed by atoms with E-state index in [0.29, 0.717) is 5.46 Å². The van der Waals surface area contributed by atoms with Gasteiger partial charge < -0.3 is 0 Å². The summed E-state index contributed by atoms with van der Waals surface area (Å²) >= 11 is 0. The van der Waals surface area contributed by atoms with Crippen LogP contribution >= 0.6 is 0 Å². The second-order valence-corrected chi connectivity index (χ2v) is 4.20. The van der Waals surface area contributed by atoms with Crippen molar-refractivity contribution in [2.24, 2.45) is 0 Å². The molecule has 94 valence electrons. The molecule has 0 heterocycles. The third kappa shape index (κ3) is 4.28. The van der Waals surface area contributed by atoms with Gasteiger partial charge in [-0.3, -0.25) is 0 Å². The van der Waals surface area contributed by atoms with Gasteiger partial charge in [-0.15, -0.1) is 0 Å². The topological polar surface area (TPSA) is 0 Å². The molecule has 2 aromatic rings. The molecule has 0 atom stereocenters. The second-order valence-electron chi connectivity index (χ2n) is 4.20. The lowest BCUT2D eigenvalue weighted by molar-refractivity contribution is 0.448. The van der Waals surface area contributed by atoms with E-state index in [1.807, 2.05) is 0 Å². The lowest BCUT2D eigenvalue weighted by Gasteiger charge is -1.95. The molecule has 0 unspecified atom stereocenters. The second kappa shape index (κ2) is 6.29. The van der Waals surface area contributed by atoms with Crippen LogP contribution in [-0.2, 0) is 0 Å². The minimum Gasteiger partial charge on any atom is -0.204 e. The number of rotatable bonds is 0. The first-order valence-electron chi connectivity index (χ1n) is 5.54. The molecule has 0 nitrogen and oxygen atoms in total. The average Bonchev–Trinajstić information content (AvgIpc) is 2.31. The van der Waals surface area contributed by atoms with E-state index in [4.69, 9.17) is 0 Å². The number of halogens is 3. The summed E-state index contributed by atoms with van der Waals surface area (Å²) in [5.41, 5.74) is 3.03. The van der Waals surface area contributed by atoms with Gasteiger partial charge in [0.2, 0.25) is 0 Å². The Morgan fingerprint density at radius 2 is 1.11 bits per heavy atom. The van der Waals surface area contributed by atoms with Crippen LogP contribution in [0, 0.1) is 31.3 Å². The Morgan fingerprint density at radius 3 is 1.44 bits per heavy atom. The number of hydrogen-bond acceptors (Lipinski definition) is 0. The molecule has 4 heteroatoms. The molecule has 0 N–H and O–H groups in total. The van der Waals surface area contributed by atoms with Crippen molar-refractivity contribution in [3.8, 4) is 0 Å². The Labute approximate surface area is 106 Å². The van der Waals surface area contributed by atoms with Crippen molar-refractivity contribution >= 4 is 13.3 Å². The van der Waals surface area contributed by atoms with E-state index in [0.717, 1.165) is 12.1 Å². The van der Waals surface area contributed by atoms with Crippen molar-refractivity contribution in [2.45, 2.75) is 13.8 Å². The molecule has 0 fully saturated rings. The fraction of sp³-hybridized carbons (Fsp3) is 0.143. The molecule has 0 aliphatic rings. The zero-order chi connectivity index (χ0) is 13.7. The van der Waals surface area contributed by atoms with Crippen LogP contribution in [-0.4, -0.2) is 7.85 Å². The fourth-order valence-corrected chi connectivity index (χ4v) is 1.32. The van der Waals surface area contributed by atoms with Gasteiger partial charge in [0.05, 0.1) is 0 Å². The molecule has 0 saturated heterocycles. The summed E-state index contributed by atoms with van der Waals surface area (Å²) in [6, 6.07) is 10.4. The summed E-state index contributed by atoms with van der Waals surface area (Å²) in [7, 11) is 1.49. The summed E-state index contributed by atoms with van der Waals surface area (Å²) in [6.45, 7) is 4.19. The number of aryl methyl sites for hydroxylation is 2. The molecular weight excluding hydrogens is 236 g/mol. The predicted octanol–water partition coefficient (Wildman–Crippen LogP) is 2.67. The SMILES string of the molecule is Bc1cc(F)c(F)c(F)c1.Cc1ccc(C)cc1. The molecule has 0 aliphatic heterocycles. The molecule has 18 heavy (non-hydrogen) atoms. The summed E-state index contributed by atoms with van der Waals surface area (Å²) in [5, 5.41) is 0. The highest BCUT2D eigenvalue weighted by Gasteiger charge is 2.07. The Hall–Kier alpha value is -1.71. The van der Waals surface area contributed by atoms with Crippen molar-refractivity contribution in [3.63, 3.8) is 0 Å². The maximum atomic E-state index is 12.2. The van der Waals surface area contributed by atoms with E-state index in [9.17, 15) is 13.2 Å². The van der Waals surface area contributed by atoms with E-state index >= 15 is 0 Å². The highest BCUT2D eigenvalue weighted by Crippen LogP contribution is 2.06. The van der Waals surface area contributed by atoms with Crippen molar-refractivity contribution < 1.29 is 13.2 Å². The monoisotopic (exact) mass is 250 g/mol. The quantitative estimate of drug-likeness (QED) is 0.498. The predicted molar refractivity (Wildman–Crippen MR) is 70.4 cm³/mol. The lowest BCUT2D eigenvalue weighted by Crippen LogP contribution is -2.06. The van der Waals surface area contributed by atoms with Gasteiger partial charge in [-0.05, 0) is 26.0 Å². The minimum atomic E-state index is -1.41. The first-order chi connectivity index (χ1) is 8.40. The summed E-state index contributed by atoms with van der Waals surface area (Å²) < 4.78 is 36.6. The molecule has 0 saturated carbocycles. The van der Waals surface area contributed by atoms with Crippen LogP contribution in [0.5, 0.6) is 0 Å². The van der Waals surface area contributed by atoms with E-state index in [1.54, 1.807) is 0 Å². The van der Waals surface area contributed by atoms with E-state index < -0.39 is 17.5 Å². The van der Waals surface area contributed by atoms with Crippen LogP contribution < -0.4 is 5.46 Å². The fourth-order valence-electron chi connectivity index (χ4n) is 1.32. The zero-order valence-corrected chi connectivity index (χ0v) is 10.6. The van der Waals surface area contributed by atoms with Crippen LogP contribution in [0.25, 0.3) is 0 Å². The Bertz CT molecular complexity index is 477. The molecule has 2 aromatic carbocycles. The Morgan fingerprint density at radius 1 is 0.778 bits per heavy atom. The van der Waals surface area contributed by atoms with E-state index in [-0.39, 0.29) is 0 Å². The van der Waals surface area contributed by atoms with Crippen LogP contribution in [0.1, 0.15) is 11.1 Å². The Balaban J connectivity index is 0.000000184. The first kappa shape index (κ1) is 14.4. The average molecular weight is 250 g/mol. The lowest BCUT2D eigenvalue weighted by atomic mass is 9.96. The van der Waals surface area contributed by atoms with Crippen molar-refractivity contribution in [1.82, 2.24) is 0 Å². The molecule has 0 amide bonds. The maximum absolute atomic E-state index is 12.2. The van der Waals surface area contributed by atoms with Gasteiger partial charge in [0.1, 0.15) is 7.85 Å². The summed E-state index contributed by atoms with van der Waals surface area (Å²) in [6.07, 6.45) is 0. The van der Waals surface area contributed by atoms with Crippen LogP contribution in [0.15, 0.2) is 36.4 Å². The molecule has 2 rings (SSSR count). The van der Waals surface area contributed by atoms with Gasteiger partial charge in [0.15, 0.2) is 17.5 Å².